The van der Waals surface area contributed by atoms with Gasteiger partial charge in [0.2, 0.25) is 11.8 Å². The summed E-state index contributed by atoms with van der Waals surface area (Å²) in [4.78, 5) is 26.5. The first-order chi connectivity index (χ1) is 12.0. The fraction of sp³-hybridized carbons (Fsp3) is 0.263. The molecule has 1 aliphatic rings. The molecular formula is C19H19BrN2O3. The molecule has 1 fully saturated rings. The highest BCUT2D eigenvalue weighted by atomic mass is 79.9. The first-order valence-corrected chi connectivity index (χ1v) is 8.78. The number of ether oxygens (including phenoxy) is 1. The number of nitrogens with one attached hydrogen (secondary N) is 1. The molecule has 25 heavy (non-hydrogen) atoms. The van der Waals surface area contributed by atoms with E-state index in [4.69, 9.17) is 4.74 Å². The van der Waals surface area contributed by atoms with Gasteiger partial charge in [0, 0.05) is 34.9 Å². The topological polar surface area (TPSA) is 58.6 Å². The maximum absolute atomic E-state index is 12.5. The normalized spacial score (nSPS) is 16.8. The Hall–Kier alpha value is -2.34. The van der Waals surface area contributed by atoms with E-state index in [-0.39, 0.29) is 24.2 Å². The molecule has 0 aliphatic carbocycles. The van der Waals surface area contributed by atoms with Crippen molar-refractivity contribution in [2.75, 3.05) is 23.9 Å². The van der Waals surface area contributed by atoms with Gasteiger partial charge in [-0.05, 0) is 42.8 Å². The van der Waals surface area contributed by atoms with Crippen LogP contribution in [0, 0.1) is 12.8 Å². The molecule has 1 unspecified atom stereocenters. The van der Waals surface area contributed by atoms with Gasteiger partial charge in [-0.25, -0.2) is 0 Å². The summed E-state index contributed by atoms with van der Waals surface area (Å²) in [5.41, 5.74) is 2.52. The predicted molar refractivity (Wildman–Crippen MR) is 101 cm³/mol. The van der Waals surface area contributed by atoms with Gasteiger partial charge in [-0.3, -0.25) is 9.59 Å². The number of aryl methyl sites for hydroxylation is 1. The Balaban J connectivity index is 1.70. The van der Waals surface area contributed by atoms with E-state index in [1.807, 2.05) is 43.3 Å². The molecule has 0 saturated carbocycles. The molecule has 0 aromatic heterocycles. The zero-order chi connectivity index (χ0) is 18.0. The Kier molecular flexibility index (Phi) is 5.08. The maximum atomic E-state index is 12.5. The van der Waals surface area contributed by atoms with Crippen LogP contribution in [0.4, 0.5) is 11.4 Å². The Morgan fingerprint density at radius 1 is 1.28 bits per heavy atom. The van der Waals surface area contributed by atoms with Crippen molar-refractivity contribution in [2.24, 2.45) is 5.92 Å². The number of anilines is 2. The second kappa shape index (κ2) is 7.27. The van der Waals surface area contributed by atoms with E-state index in [9.17, 15) is 9.59 Å². The fourth-order valence-electron chi connectivity index (χ4n) is 2.88. The average molecular weight is 403 g/mol. The summed E-state index contributed by atoms with van der Waals surface area (Å²) in [5.74, 6) is 0.118. The Labute approximate surface area is 155 Å². The Morgan fingerprint density at radius 2 is 2.08 bits per heavy atom. The van der Waals surface area contributed by atoms with E-state index in [0.717, 1.165) is 21.4 Å². The summed E-state index contributed by atoms with van der Waals surface area (Å²) < 4.78 is 6.19. The van der Waals surface area contributed by atoms with E-state index in [1.54, 1.807) is 18.1 Å². The standard InChI is InChI=1S/C19H19BrN2O3/c1-12-8-14(6-7-17(12)20)21-19(24)13-9-18(23)22(11-13)15-4-3-5-16(10-15)25-2/h3-8,10,13H,9,11H2,1-2H3,(H,21,24). The summed E-state index contributed by atoms with van der Waals surface area (Å²) in [6.07, 6.45) is 0.207. The number of benzene rings is 2. The van der Waals surface area contributed by atoms with Crippen molar-refractivity contribution in [3.8, 4) is 5.75 Å². The molecule has 2 amide bonds. The number of halogens is 1. The van der Waals surface area contributed by atoms with Gasteiger partial charge in [-0.15, -0.1) is 0 Å². The number of amides is 2. The van der Waals surface area contributed by atoms with Gasteiger partial charge in [0.25, 0.3) is 0 Å². The molecule has 0 radical (unpaired) electrons. The molecule has 2 aromatic carbocycles. The molecule has 0 spiro atoms. The molecule has 1 N–H and O–H groups in total. The number of nitrogens with zero attached hydrogens (tertiary/aromatic N) is 1. The number of hydrogen-bond donors (Lipinski definition) is 1. The third-order valence-electron chi connectivity index (χ3n) is 4.29. The highest BCUT2D eigenvalue weighted by Crippen LogP contribution is 2.29. The summed E-state index contributed by atoms with van der Waals surface area (Å²) in [7, 11) is 1.58. The molecule has 1 saturated heterocycles. The number of methoxy groups -OCH3 is 1. The molecule has 3 rings (SSSR count). The third-order valence-corrected chi connectivity index (χ3v) is 5.18. The molecule has 6 heteroatoms. The van der Waals surface area contributed by atoms with Crippen LogP contribution in [0.2, 0.25) is 0 Å². The molecule has 1 heterocycles. The smallest absolute Gasteiger partial charge is 0.229 e. The van der Waals surface area contributed by atoms with E-state index in [0.29, 0.717) is 12.3 Å². The summed E-state index contributed by atoms with van der Waals surface area (Å²) in [5, 5.41) is 2.90. The van der Waals surface area contributed by atoms with Crippen molar-refractivity contribution in [2.45, 2.75) is 13.3 Å². The second-order valence-electron chi connectivity index (χ2n) is 6.06. The van der Waals surface area contributed by atoms with E-state index in [2.05, 4.69) is 21.2 Å². The lowest BCUT2D eigenvalue weighted by Crippen LogP contribution is -2.28. The van der Waals surface area contributed by atoms with Crippen LogP contribution in [0.25, 0.3) is 0 Å². The van der Waals surface area contributed by atoms with Gasteiger partial charge in [-0.2, -0.15) is 0 Å². The average Bonchev–Trinajstić information content (AvgIpc) is 3.00. The number of carbonyl (C=O) groups is 2. The van der Waals surface area contributed by atoms with E-state index in [1.165, 1.54) is 0 Å². The van der Waals surface area contributed by atoms with Crippen molar-refractivity contribution in [3.63, 3.8) is 0 Å². The van der Waals surface area contributed by atoms with E-state index >= 15 is 0 Å². The van der Waals surface area contributed by atoms with Crippen molar-refractivity contribution in [3.05, 3.63) is 52.5 Å². The van der Waals surface area contributed by atoms with Crippen molar-refractivity contribution < 1.29 is 14.3 Å². The Morgan fingerprint density at radius 3 is 2.80 bits per heavy atom. The zero-order valence-electron chi connectivity index (χ0n) is 14.1. The van der Waals surface area contributed by atoms with Gasteiger partial charge in [0.15, 0.2) is 0 Å². The molecular weight excluding hydrogens is 384 g/mol. The van der Waals surface area contributed by atoms with Gasteiger partial charge in [-0.1, -0.05) is 22.0 Å². The SMILES string of the molecule is COc1cccc(N2CC(C(=O)Nc3ccc(Br)c(C)c3)CC2=O)c1. The van der Waals surface area contributed by atoms with Crippen LogP contribution in [-0.4, -0.2) is 25.5 Å². The molecule has 0 bridgehead atoms. The van der Waals surface area contributed by atoms with Crippen molar-refractivity contribution >= 4 is 39.1 Å². The molecule has 5 nitrogen and oxygen atoms in total. The zero-order valence-corrected chi connectivity index (χ0v) is 15.7. The predicted octanol–water partition coefficient (Wildman–Crippen LogP) is 3.76. The minimum atomic E-state index is -0.373. The second-order valence-corrected chi connectivity index (χ2v) is 6.91. The maximum Gasteiger partial charge on any atom is 0.229 e. The first kappa shape index (κ1) is 17.5. The fourth-order valence-corrected chi connectivity index (χ4v) is 3.12. The van der Waals surface area contributed by atoms with Crippen LogP contribution in [-0.2, 0) is 9.59 Å². The lowest BCUT2D eigenvalue weighted by molar-refractivity contribution is -0.122. The van der Waals surface area contributed by atoms with Gasteiger partial charge in [0.05, 0.1) is 13.0 Å². The van der Waals surface area contributed by atoms with Gasteiger partial charge < -0.3 is 15.0 Å². The van der Waals surface area contributed by atoms with Crippen molar-refractivity contribution in [1.29, 1.82) is 0 Å². The number of carbonyl (C=O) groups excluding carboxylic acids is 2. The van der Waals surface area contributed by atoms with Crippen LogP contribution in [0.5, 0.6) is 5.75 Å². The minimum Gasteiger partial charge on any atom is -0.497 e. The highest BCUT2D eigenvalue weighted by molar-refractivity contribution is 9.10. The first-order valence-electron chi connectivity index (χ1n) is 7.99. The van der Waals surface area contributed by atoms with Crippen LogP contribution in [0.15, 0.2) is 46.9 Å². The lowest BCUT2D eigenvalue weighted by Gasteiger charge is -2.17. The van der Waals surface area contributed by atoms with Crippen LogP contribution in [0.3, 0.4) is 0 Å². The van der Waals surface area contributed by atoms with Crippen molar-refractivity contribution in [1.82, 2.24) is 0 Å². The molecule has 1 aliphatic heterocycles. The third kappa shape index (κ3) is 3.85. The summed E-state index contributed by atoms with van der Waals surface area (Å²) in [6.45, 7) is 2.33. The van der Waals surface area contributed by atoms with Crippen LogP contribution < -0.4 is 15.0 Å². The molecule has 2 aromatic rings. The largest absolute Gasteiger partial charge is 0.497 e. The Bertz CT molecular complexity index is 822. The lowest BCUT2D eigenvalue weighted by atomic mass is 10.1. The number of hydrogen-bond acceptors (Lipinski definition) is 3. The summed E-state index contributed by atoms with van der Waals surface area (Å²) in [6, 6.07) is 12.9. The monoisotopic (exact) mass is 402 g/mol. The number of rotatable bonds is 4. The highest BCUT2D eigenvalue weighted by Gasteiger charge is 2.35. The van der Waals surface area contributed by atoms with E-state index < -0.39 is 0 Å². The summed E-state index contributed by atoms with van der Waals surface area (Å²) >= 11 is 3.44. The minimum absolute atomic E-state index is 0.0552. The molecule has 130 valence electrons. The van der Waals surface area contributed by atoms with Crippen LogP contribution in [0.1, 0.15) is 12.0 Å². The van der Waals surface area contributed by atoms with Gasteiger partial charge >= 0.3 is 0 Å². The quantitative estimate of drug-likeness (QED) is 0.846. The molecule has 1 atom stereocenters. The van der Waals surface area contributed by atoms with Crippen LogP contribution >= 0.6 is 15.9 Å². The van der Waals surface area contributed by atoms with Gasteiger partial charge in [0.1, 0.15) is 5.75 Å².